The van der Waals surface area contributed by atoms with Gasteiger partial charge in [-0.25, -0.2) is 0 Å². The Morgan fingerprint density at radius 3 is 2.71 bits per heavy atom. The number of benzene rings is 2. The van der Waals surface area contributed by atoms with Crippen molar-refractivity contribution in [3.8, 4) is 12.3 Å². The van der Waals surface area contributed by atoms with E-state index in [1.54, 1.807) is 0 Å². The average molecular weight is 242 g/mol. The Morgan fingerprint density at radius 2 is 1.94 bits per heavy atom. The molecule has 2 aromatic carbocycles. The molecular weight excluding hydrogens is 230 g/mol. The molecule has 2 aromatic rings. The summed E-state index contributed by atoms with van der Waals surface area (Å²) < 4.78 is 0. The van der Waals surface area contributed by atoms with E-state index in [0.29, 0.717) is 6.54 Å². The van der Waals surface area contributed by atoms with Crippen molar-refractivity contribution >= 4 is 17.3 Å². The molecule has 0 aliphatic carbocycles. The summed E-state index contributed by atoms with van der Waals surface area (Å²) in [5.74, 6) is 2.61. The number of hydrogen-bond donors (Lipinski definition) is 1. The predicted molar refractivity (Wildman–Crippen MR) is 73.2 cm³/mol. The lowest BCUT2D eigenvalue weighted by molar-refractivity contribution is 1.15. The summed E-state index contributed by atoms with van der Waals surface area (Å²) in [6.45, 7) is 0.688. The fourth-order valence-corrected chi connectivity index (χ4v) is 1.76. The van der Waals surface area contributed by atoms with Gasteiger partial charge in [0.05, 0.1) is 0 Å². The number of anilines is 1. The molecule has 0 radical (unpaired) electrons. The fourth-order valence-electron chi connectivity index (χ4n) is 1.56. The third-order valence-corrected chi connectivity index (χ3v) is 2.84. The van der Waals surface area contributed by atoms with Crippen molar-refractivity contribution in [2.45, 2.75) is 6.54 Å². The van der Waals surface area contributed by atoms with Crippen LogP contribution in [0.3, 0.4) is 0 Å². The molecule has 0 saturated heterocycles. The van der Waals surface area contributed by atoms with Crippen LogP contribution < -0.4 is 5.32 Å². The molecule has 0 aromatic heterocycles. The summed E-state index contributed by atoms with van der Waals surface area (Å²) in [5, 5.41) is 4.07. The average Bonchev–Trinajstić information content (AvgIpc) is 2.38. The van der Waals surface area contributed by atoms with Crippen molar-refractivity contribution in [3.05, 3.63) is 64.7 Å². The number of hydrogen-bond acceptors (Lipinski definition) is 1. The molecular formula is C15H12ClN. The minimum Gasteiger partial charge on any atom is -0.381 e. The first kappa shape index (κ1) is 11.6. The molecule has 0 spiro atoms. The van der Waals surface area contributed by atoms with Gasteiger partial charge in [-0.2, -0.15) is 0 Å². The molecule has 2 heteroatoms. The van der Waals surface area contributed by atoms with E-state index in [9.17, 15) is 0 Å². The highest BCUT2D eigenvalue weighted by atomic mass is 35.5. The van der Waals surface area contributed by atoms with Crippen molar-refractivity contribution in [1.82, 2.24) is 0 Å². The number of nitrogens with one attached hydrogen (secondary N) is 1. The molecule has 0 heterocycles. The van der Waals surface area contributed by atoms with Crippen LogP contribution in [0.5, 0.6) is 0 Å². The molecule has 0 bridgehead atoms. The van der Waals surface area contributed by atoms with Crippen LogP contribution >= 0.6 is 11.6 Å². The number of rotatable bonds is 3. The highest BCUT2D eigenvalue weighted by Crippen LogP contribution is 2.17. The van der Waals surface area contributed by atoms with E-state index in [1.165, 1.54) is 0 Å². The number of halogens is 1. The summed E-state index contributed by atoms with van der Waals surface area (Å²) in [6, 6.07) is 15.5. The van der Waals surface area contributed by atoms with E-state index in [2.05, 4.69) is 11.2 Å². The third kappa shape index (κ3) is 3.03. The van der Waals surface area contributed by atoms with Crippen LogP contribution in [-0.4, -0.2) is 0 Å². The Labute approximate surface area is 106 Å². The van der Waals surface area contributed by atoms with Crippen molar-refractivity contribution in [2.75, 3.05) is 5.32 Å². The summed E-state index contributed by atoms with van der Waals surface area (Å²) in [7, 11) is 0. The normalized spacial score (nSPS) is 9.65. The lowest BCUT2D eigenvalue weighted by atomic mass is 10.2. The van der Waals surface area contributed by atoms with Gasteiger partial charge in [0, 0.05) is 22.8 Å². The number of terminal acetylenes is 1. The van der Waals surface area contributed by atoms with E-state index in [1.807, 2.05) is 48.5 Å². The van der Waals surface area contributed by atoms with Gasteiger partial charge in [-0.15, -0.1) is 6.42 Å². The topological polar surface area (TPSA) is 12.0 Å². The van der Waals surface area contributed by atoms with Crippen LogP contribution in [0.15, 0.2) is 48.5 Å². The first-order chi connectivity index (χ1) is 8.29. The van der Waals surface area contributed by atoms with Crippen LogP contribution in [0.4, 0.5) is 5.69 Å². The second-order valence-electron chi connectivity index (χ2n) is 3.67. The Morgan fingerprint density at radius 1 is 1.12 bits per heavy atom. The van der Waals surface area contributed by atoms with Gasteiger partial charge in [0.25, 0.3) is 0 Å². The summed E-state index contributed by atoms with van der Waals surface area (Å²) in [6.07, 6.45) is 5.35. The first-order valence-electron chi connectivity index (χ1n) is 5.33. The van der Waals surface area contributed by atoms with E-state index >= 15 is 0 Å². The molecule has 1 N–H and O–H groups in total. The van der Waals surface area contributed by atoms with Crippen LogP contribution in [0.2, 0.25) is 5.02 Å². The van der Waals surface area contributed by atoms with Crippen LogP contribution in [-0.2, 0) is 6.54 Å². The second-order valence-corrected chi connectivity index (χ2v) is 4.08. The van der Waals surface area contributed by atoms with Gasteiger partial charge in [-0.3, -0.25) is 0 Å². The SMILES string of the molecule is C#Cc1cccc(NCc2ccccc2Cl)c1. The zero-order valence-electron chi connectivity index (χ0n) is 9.28. The molecule has 0 saturated carbocycles. The highest BCUT2D eigenvalue weighted by molar-refractivity contribution is 6.31. The smallest absolute Gasteiger partial charge is 0.0455 e. The van der Waals surface area contributed by atoms with Crippen LogP contribution in [0.25, 0.3) is 0 Å². The van der Waals surface area contributed by atoms with Gasteiger partial charge in [0.15, 0.2) is 0 Å². The lowest BCUT2D eigenvalue weighted by Gasteiger charge is -2.08. The Bertz CT molecular complexity index is 555. The molecule has 0 amide bonds. The maximum absolute atomic E-state index is 6.08. The molecule has 0 unspecified atom stereocenters. The second kappa shape index (κ2) is 5.43. The lowest BCUT2D eigenvalue weighted by Crippen LogP contribution is -1.99. The fraction of sp³-hybridized carbons (Fsp3) is 0.0667. The van der Waals surface area contributed by atoms with E-state index < -0.39 is 0 Å². The van der Waals surface area contributed by atoms with E-state index in [4.69, 9.17) is 18.0 Å². The maximum Gasteiger partial charge on any atom is 0.0455 e. The van der Waals surface area contributed by atoms with Gasteiger partial charge < -0.3 is 5.32 Å². The summed E-state index contributed by atoms with van der Waals surface area (Å²) >= 11 is 6.08. The van der Waals surface area contributed by atoms with Crippen LogP contribution in [0.1, 0.15) is 11.1 Å². The molecule has 0 aliphatic heterocycles. The van der Waals surface area contributed by atoms with E-state index in [-0.39, 0.29) is 0 Å². The van der Waals surface area contributed by atoms with Gasteiger partial charge in [0.2, 0.25) is 0 Å². The Balaban J connectivity index is 2.08. The predicted octanol–water partition coefficient (Wildman–Crippen LogP) is 3.93. The zero-order chi connectivity index (χ0) is 12.1. The minimum absolute atomic E-state index is 0.688. The maximum atomic E-state index is 6.08. The van der Waals surface area contributed by atoms with Crippen molar-refractivity contribution in [2.24, 2.45) is 0 Å². The Hall–Kier alpha value is -1.91. The van der Waals surface area contributed by atoms with Gasteiger partial charge in [-0.05, 0) is 29.8 Å². The molecule has 84 valence electrons. The minimum atomic E-state index is 0.688. The first-order valence-corrected chi connectivity index (χ1v) is 5.71. The molecule has 0 atom stereocenters. The largest absolute Gasteiger partial charge is 0.381 e. The Kier molecular flexibility index (Phi) is 3.69. The van der Waals surface area contributed by atoms with Crippen molar-refractivity contribution < 1.29 is 0 Å². The van der Waals surface area contributed by atoms with Gasteiger partial charge >= 0.3 is 0 Å². The van der Waals surface area contributed by atoms with E-state index in [0.717, 1.165) is 21.8 Å². The van der Waals surface area contributed by atoms with Gasteiger partial charge in [-0.1, -0.05) is 41.8 Å². The summed E-state index contributed by atoms with van der Waals surface area (Å²) in [4.78, 5) is 0. The standard InChI is InChI=1S/C15H12ClN/c1-2-12-6-5-8-14(10-12)17-11-13-7-3-4-9-15(13)16/h1,3-10,17H,11H2. The highest BCUT2D eigenvalue weighted by Gasteiger charge is 1.98. The quantitative estimate of drug-likeness (QED) is 0.803. The van der Waals surface area contributed by atoms with Crippen LogP contribution in [0, 0.1) is 12.3 Å². The summed E-state index contributed by atoms with van der Waals surface area (Å²) in [5.41, 5.74) is 2.94. The van der Waals surface area contributed by atoms with Crippen molar-refractivity contribution in [3.63, 3.8) is 0 Å². The molecule has 2 rings (SSSR count). The zero-order valence-corrected chi connectivity index (χ0v) is 10.0. The molecule has 17 heavy (non-hydrogen) atoms. The molecule has 1 nitrogen and oxygen atoms in total. The molecule has 0 aliphatic rings. The molecule has 0 fully saturated rings. The van der Waals surface area contributed by atoms with Gasteiger partial charge in [0.1, 0.15) is 0 Å². The van der Waals surface area contributed by atoms with Crippen molar-refractivity contribution in [1.29, 1.82) is 0 Å². The monoisotopic (exact) mass is 241 g/mol. The third-order valence-electron chi connectivity index (χ3n) is 2.47.